The Labute approximate surface area is 136 Å². The second-order valence-corrected chi connectivity index (χ2v) is 6.34. The van der Waals surface area contributed by atoms with Crippen LogP contribution in [0, 0.1) is 12.8 Å². The monoisotopic (exact) mass is 305 g/mol. The van der Waals surface area contributed by atoms with Crippen molar-refractivity contribution in [2.24, 2.45) is 5.92 Å². The molecule has 1 N–H and O–H groups in total. The van der Waals surface area contributed by atoms with E-state index in [1.807, 2.05) is 6.07 Å². The van der Waals surface area contributed by atoms with Gasteiger partial charge in [-0.2, -0.15) is 0 Å². The van der Waals surface area contributed by atoms with Gasteiger partial charge < -0.3 is 4.74 Å². The highest BCUT2D eigenvalue weighted by Gasteiger charge is 2.23. The van der Waals surface area contributed by atoms with E-state index in [1.165, 1.54) is 24.0 Å². The molecule has 0 saturated heterocycles. The molecule has 1 atom stereocenters. The van der Waals surface area contributed by atoms with Gasteiger partial charge >= 0.3 is 0 Å². The van der Waals surface area contributed by atoms with Crippen molar-refractivity contribution in [3.05, 3.63) is 66.6 Å². The first-order chi connectivity index (χ1) is 11.3. The highest BCUT2D eigenvalue weighted by Crippen LogP contribution is 2.34. The average Bonchev–Trinajstić information content (AvgIpc) is 3.34. The third-order valence-corrected chi connectivity index (χ3v) is 4.60. The topological polar surface area (TPSA) is 37.9 Å². The van der Waals surface area contributed by atoms with Crippen molar-refractivity contribution in [1.82, 2.24) is 10.2 Å². The highest BCUT2D eigenvalue weighted by molar-refractivity contribution is 5.84. The summed E-state index contributed by atoms with van der Waals surface area (Å²) in [5, 5.41) is 8.46. The zero-order valence-corrected chi connectivity index (χ0v) is 13.2. The lowest BCUT2D eigenvalue weighted by molar-refractivity contribution is 0.291. The number of benzene rings is 2. The summed E-state index contributed by atoms with van der Waals surface area (Å²) in [6, 6.07) is 17.0. The number of nitrogens with one attached hydrogen (secondary N) is 1. The summed E-state index contributed by atoms with van der Waals surface area (Å²) in [7, 11) is 0. The quantitative estimate of drug-likeness (QED) is 0.716. The summed E-state index contributed by atoms with van der Waals surface area (Å²) in [4.78, 5) is 0. The molecule has 3 heteroatoms. The van der Waals surface area contributed by atoms with Gasteiger partial charge in [-0.15, -0.1) is 5.10 Å². The molecule has 1 aromatic heterocycles. The predicted molar refractivity (Wildman–Crippen MR) is 92.6 cm³/mol. The van der Waals surface area contributed by atoms with Crippen LogP contribution in [0.15, 0.2) is 48.5 Å². The molecule has 1 aliphatic carbocycles. The van der Waals surface area contributed by atoms with E-state index in [-0.39, 0.29) is 0 Å². The molecule has 0 aliphatic heterocycles. The summed E-state index contributed by atoms with van der Waals surface area (Å²) < 4.78 is 5.90. The molecular weight excluding hydrogens is 284 g/mol. The van der Waals surface area contributed by atoms with E-state index < -0.39 is 0 Å². The molecule has 0 amide bonds. The number of H-pyrrole nitrogens is 1. The summed E-state index contributed by atoms with van der Waals surface area (Å²) in [6.07, 6.45) is 3.39. The van der Waals surface area contributed by atoms with Gasteiger partial charge in [0.2, 0.25) is 5.88 Å². The Kier molecular flexibility index (Phi) is 3.78. The maximum Gasteiger partial charge on any atom is 0.240 e. The molecule has 2 aromatic carbocycles. The van der Waals surface area contributed by atoms with Crippen LogP contribution in [-0.4, -0.2) is 16.8 Å². The number of hydrogen-bond donors (Lipinski definition) is 1. The minimum atomic E-state index is 0.298. The van der Waals surface area contributed by atoms with Crippen molar-refractivity contribution in [2.45, 2.75) is 25.2 Å². The smallest absolute Gasteiger partial charge is 0.240 e. The van der Waals surface area contributed by atoms with E-state index in [4.69, 9.17) is 4.74 Å². The van der Waals surface area contributed by atoms with Gasteiger partial charge in [0.25, 0.3) is 0 Å². The lowest BCUT2D eigenvalue weighted by Gasteiger charge is -2.16. The zero-order valence-electron chi connectivity index (χ0n) is 13.2. The van der Waals surface area contributed by atoms with Gasteiger partial charge in [0, 0.05) is 5.92 Å². The average molecular weight is 305 g/mol. The summed E-state index contributed by atoms with van der Waals surface area (Å²) in [6.45, 7) is 4.92. The highest BCUT2D eigenvalue weighted by atomic mass is 16.5. The Morgan fingerprint density at radius 1 is 1.13 bits per heavy atom. The van der Waals surface area contributed by atoms with E-state index in [0.29, 0.717) is 5.92 Å². The summed E-state index contributed by atoms with van der Waals surface area (Å²) in [5.41, 5.74) is 3.58. The Hall–Kier alpha value is -2.29. The van der Waals surface area contributed by atoms with Crippen molar-refractivity contribution in [2.75, 3.05) is 6.61 Å². The Bertz CT molecular complexity index is 790. The number of aromatic amines is 1. The summed E-state index contributed by atoms with van der Waals surface area (Å²) in [5.74, 6) is 1.75. The van der Waals surface area contributed by atoms with E-state index in [9.17, 15) is 0 Å². The maximum atomic E-state index is 5.90. The molecule has 1 saturated carbocycles. The molecule has 4 rings (SSSR count). The largest absolute Gasteiger partial charge is 0.476 e. The molecule has 117 valence electrons. The van der Waals surface area contributed by atoms with Crippen molar-refractivity contribution in [3.8, 4) is 5.88 Å². The minimum absolute atomic E-state index is 0.298. The van der Waals surface area contributed by atoms with Crippen molar-refractivity contribution in [3.63, 3.8) is 0 Å². The molecule has 0 spiro atoms. The van der Waals surface area contributed by atoms with Crippen LogP contribution in [0.1, 0.15) is 36.3 Å². The van der Waals surface area contributed by atoms with Crippen LogP contribution in [-0.2, 0) is 0 Å². The number of aromatic nitrogens is 2. The first-order valence-corrected chi connectivity index (χ1v) is 8.30. The minimum Gasteiger partial charge on any atom is -0.476 e. The normalized spacial score (nSPS) is 15.7. The number of ether oxygens (including phenoxy) is 1. The van der Waals surface area contributed by atoms with Crippen molar-refractivity contribution >= 4 is 10.9 Å². The predicted octanol–water partition coefficient (Wildman–Crippen LogP) is 4.71. The van der Waals surface area contributed by atoms with Crippen LogP contribution in [0.5, 0.6) is 5.88 Å². The first kappa shape index (κ1) is 14.3. The molecule has 1 heterocycles. The van der Waals surface area contributed by atoms with Crippen LogP contribution in [0.3, 0.4) is 0 Å². The van der Waals surface area contributed by atoms with Crippen LogP contribution < -0.4 is 4.74 Å². The SMILES string of the molecule is [CH2]CC(c1ccccc1)c1ccc2[nH]nc(OCC3CC3)c2c1. The summed E-state index contributed by atoms with van der Waals surface area (Å²) >= 11 is 0. The van der Waals surface area contributed by atoms with Gasteiger partial charge in [0.05, 0.1) is 17.5 Å². The Morgan fingerprint density at radius 2 is 1.96 bits per heavy atom. The molecule has 23 heavy (non-hydrogen) atoms. The lowest BCUT2D eigenvalue weighted by atomic mass is 9.89. The second-order valence-electron chi connectivity index (χ2n) is 6.34. The number of fused-ring (bicyclic) bond motifs is 1. The Balaban J connectivity index is 1.67. The van der Waals surface area contributed by atoms with Crippen molar-refractivity contribution < 1.29 is 4.74 Å². The zero-order chi connectivity index (χ0) is 15.6. The van der Waals surface area contributed by atoms with Gasteiger partial charge in [0.15, 0.2) is 0 Å². The fourth-order valence-corrected chi connectivity index (χ4v) is 3.03. The van der Waals surface area contributed by atoms with Gasteiger partial charge in [-0.05, 0) is 48.4 Å². The molecule has 1 aliphatic rings. The third kappa shape index (κ3) is 2.96. The molecule has 3 aromatic rings. The number of nitrogens with zero attached hydrogens (tertiary/aromatic N) is 1. The Morgan fingerprint density at radius 3 is 2.70 bits per heavy atom. The standard InChI is InChI=1S/C20H21N2O/c1-2-17(15-6-4-3-5-7-15)16-10-11-19-18(12-16)20(22-21-19)23-13-14-8-9-14/h3-7,10-12,14,17H,1-2,8-9,13H2,(H,21,22). The van der Waals surface area contributed by atoms with Crippen LogP contribution >= 0.6 is 0 Å². The second kappa shape index (κ2) is 6.07. The van der Waals surface area contributed by atoms with E-state index in [2.05, 4.69) is 59.6 Å². The fourth-order valence-electron chi connectivity index (χ4n) is 3.03. The fraction of sp³-hybridized carbons (Fsp3) is 0.300. The molecule has 3 nitrogen and oxygen atoms in total. The van der Waals surface area contributed by atoms with Crippen LogP contribution in [0.25, 0.3) is 10.9 Å². The first-order valence-electron chi connectivity index (χ1n) is 8.30. The molecule has 0 bridgehead atoms. The molecule has 1 radical (unpaired) electrons. The van der Waals surface area contributed by atoms with Crippen LogP contribution in [0.2, 0.25) is 0 Å². The number of rotatable bonds is 6. The van der Waals surface area contributed by atoms with Crippen molar-refractivity contribution in [1.29, 1.82) is 0 Å². The molecule has 1 fully saturated rings. The molecule has 1 unspecified atom stereocenters. The van der Waals surface area contributed by atoms with E-state index >= 15 is 0 Å². The lowest BCUT2D eigenvalue weighted by Crippen LogP contribution is -2.01. The van der Waals surface area contributed by atoms with Gasteiger partial charge in [-0.1, -0.05) is 43.3 Å². The van der Waals surface area contributed by atoms with Gasteiger partial charge in [-0.25, -0.2) is 0 Å². The van der Waals surface area contributed by atoms with Crippen LogP contribution in [0.4, 0.5) is 0 Å². The van der Waals surface area contributed by atoms with E-state index in [0.717, 1.165) is 35.7 Å². The molecular formula is C20H21N2O. The number of hydrogen-bond acceptors (Lipinski definition) is 2. The van der Waals surface area contributed by atoms with Gasteiger partial charge in [0.1, 0.15) is 0 Å². The maximum absolute atomic E-state index is 5.90. The van der Waals surface area contributed by atoms with E-state index in [1.54, 1.807) is 0 Å². The van der Waals surface area contributed by atoms with Gasteiger partial charge in [-0.3, -0.25) is 5.10 Å². The third-order valence-electron chi connectivity index (χ3n) is 4.60.